The van der Waals surface area contributed by atoms with Gasteiger partial charge in [-0.1, -0.05) is 124 Å². The van der Waals surface area contributed by atoms with Crippen molar-refractivity contribution in [3.8, 4) is 0 Å². The molecule has 2 aromatic carbocycles. The standard InChI is InChI=1S/C30H38Cl3N3O2/c1-3-4-5-6-7-8-9-10-11-12-13-23-14-16-24(17-15-23)21-35(22(2)37)28-20-29(38)36(34-28)30-26(32)18-25(31)19-27(30)33/h14-19H,3-13,20-21H2,1-2H3. The fourth-order valence-electron chi connectivity index (χ4n) is 4.67. The van der Waals surface area contributed by atoms with Gasteiger partial charge in [0.1, 0.15) is 11.5 Å². The summed E-state index contributed by atoms with van der Waals surface area (Å²) < 4.78 is 0. The number of halogens is 3. The van der Waals surface area contributed by atoms with Gasteiger partial charge in [-0.05, 0) is 36.1 Å². The zero-order valence-electron chi connectivity index (χ0n) is 22.4. The Morgan fingerprint density at radius 1 is 0.868 bits per heavy atom. The molecule has 0 aliphatic carbocycles. The van der Waals surface area contributed by atoms with E-state index in [1.807, 2.05) is 12.1 Å². The number of carbonyl (C=O) groups excluding carboxylic acids is 2. The van der Waals surface area contributed by atoms with Gasteiger partial charge in [0.05, 0.1) is 23.0 Å². The molecule has 5 nitrogen and oxygen atoms in total. The van der Waals surface area contributed by atoms with E-state index < -0.39 is 0 Å². The molecule has 0 spiro atoms. The van der Waals surface area contributed by atoms with Gasteiger partial charge >= 0.3 is 0 Å². The third kappa shape index (κ3) is 9.00. The summed E-state index contributed by atoms with van der Waals surface area (Å²) in [7, 11) is 0. The number of anilines is 1. The molecule has 0 fully saturated rings. The third-order valence-electron chi connectivity index (χ3n) is 6.83. The number of amides is 2. The molecule has 0 radical (unpaired) electrons. The number of amidine groups is 1. The summed E-state index contributed by atoms with van der Waals surface area (Å²) in [5, 5.41) is 6.36. The van der Waals surface area contributed by atoms with Gasteiger partial charge in [0.2, 0.25) is 5.91 Å². The van der Waals surface area contributed by atoms with Crippen molar-refractivity contribution >= 4 is 58.1 Å². The Morgan fingerprint density at radius 3 is 1.95 bits per heavy atom. The molecule has 3 rings (SSSR count). The van der Waals surface area contributed by atoms with Crippen LogP contribution in [0.1, 0.15) is 95.6 Å². The molecule has 0 N–H and O–H groups in total. The molecule has 2 amide bonds. The largest absolute Gasteiger partial charge is 0.294 e. The lowest BCUT2D eigenvalue weighted by Gasteiger charge is -2.20. The van der Waals surface area contributed by atoms with E-state index in [0.29, 0.717) is 17.4 Å². The van der Waals surface area contributed by atoms with Crippen LogP contribution in [0.25, 0.3) is 0 Å². The zero-order chi connectivity index (χ0) is 27.5. The van der Waals surface area contributed by atoms with Crippen molar-refractivity contribution in [3.05, 3.63) is 62.6 Å². The average Bonchev–Trinajstić information content (AvgIpc) is 3.24. The lowest BCUT2D eigenvalue weighted by molar-refractivity contribution is -0.125. The summed E-state index contributed by atoms with van der Waals surface area (Å²) in [4.78, 5) is 26.8. The summed E-state index contributed by atoms with van der Waals surface area (Å²) in [5.41, 5.74) is 2.54. The fourth-order valence-corrected chi connectivity index (χ4v) is 5.65. The monoisotopic (exact) mass is 577 g/mol. The summed E-state index contributed by atoms with van der Waals surface area (Å²) in [6.07, 6.45) is 14.3. The quantitative estimate of drug-likeness (QED) is 0.210. The van der Waals surface area contributed by atoms with Gasteiger partial charge in [-0.2, -0.15) is 10.1 Å². The SMILES string of the molecule is CCCCCCCCCCCCc1ccc(CN(C(C)=O)C2=NN(c3c(Cl)cc(Cl)cc3Cl)C(=O)C2)cc1. The van der Waals surface area contributed by atoms with Crippen molar-refractivity contribution in [2.24, 2.45) is 5.10 Å². The Kier molecular flexibility index (Phi) is 12.4. The van der Waals surface area contributed by atoms with Crippen LogP contribution in [-0.2, 0) is 22.6 Å². The molecule has 8 heteroatoms. The minimum absolute atomic E-state index is 0.0221. The number of unbranched alkanes of at least 4 members (excludes halogenated alkanes) is 9. The number of hydrogen-bond acceptors (Lipinski definition) is 3. The Labute approximate surface area is 242 Å². The van der Waals surface area contributed by atoms with Crippen LogP contribution < -0.4 is 5.01 Å². The Bertz CT molecular complexity index is 1100. The lowest BCUT2D eigenvalue weighted by Crippen LogP contribution is -2.34. The minimum Gasteiger partial charge on any atom is -0.294 e. The fraction of sp³-hybridized carbons (Fsp3) is 0.500. The number of hydrazone groups is 1. The first-order valence-electron chi connectivity index (χ1n) is 13.7. The highest BCUT2D eigenvalue weighted by atomic mass is 35.5. The maximum absolute atomic E-state index is 12.8. The molecule has 0 aromatic heterocycles. The Balaban J connectivity index is 1.51. The van der Waals surface area contributed by atoms with E-state index >= 15 is 0 Å². The van der Waals surface area contributed by atoms with Crippen molar-refractivity contribution in [1.82, 2.24) is 4.90 Å². The smallest absolute Gasteiger partial charge is 0.255 e. The maximum atomic E-state index is 12.8. The first kappa shape index (κ1) is 30.5. The van der Waals surface area contributed by atoms with Gasteiger partial charge in [0, 0.05) is 11.9 Å². The van der Waals surface area contributed by atoms with Gasteiger partial charge in [-0.15, -0.1) is 0 Å². The summed E-state index contributed by atoms with van der Waals surface area (Å²) in [6, 6.07) is 11.4. The first-order chi connectivity index (χ1) is 18.3. The second-order valence-corrected chi connectivity index (χ2v) is 11.2. The van der Waals surface area contributed by atoms with E-state index in [0.717, 1.165) is 17.0 Å². The van der Waals surface area contributed by atoms with Crippen molar-refractivity contribution in [2.75, 3.05) is 5.01 Å². The predicted molar refractivity (Wildman–Crippen MR) is 159 cm³/mol. The molecular formula is C30H38Cl3N3O2. The van der Waals surface area contributed by atoms with Gasteiger partial charge in [0.15, 0.2) is 0 Å². The highest BCUT2D eigenvalue weighted by molar-refractivity contribution is 6.42. The highest BCUT2D eigenvalue weighted by Crippen LogP contribution is 2.38. The zero-order valence-corrected chi connectivity index (χ0v) is 24.7. The Morgan fingerprint density at radius 2 is 1.39 bits per heavy atom. The van der Waals surface area contributed by atoms with E-state index in [4.69, 9.17) is 34.8 Å². The normalized spacial score (nSPS) is 13.2. The second-order valence-electron chi connectivity index (χ2n) is 9.97. The number of aryl methyl sites for hydroxylation is 1. The number of hydrogen-bond donors (Lipinski definition) is 0. The molecule has 1 aliphatic rings. The molecule has 0 bridgehead atoms. The summed E-state index contributed by atoms with van der Waals surface area (Å²) in [6.45, 7) is 4.06. The molecule has 1 aliphatic heterocycles. The molecule has 0 unspecified atom stereocenters. The molecule has 0 saturated heterocycles. The molecule has 1 heterocycles. The van der Waals surface area contributed by atoms with Crippen LogP contribution >= 0.6 is 34.8 Å². The molecule has 0 atom stereocenters. The van der Waals surface area contributed by atoms with Gasteiger partial charge in [-0.3, -0.25) is 14.5 Å². The van der Waals surface area contributed by atoms with E-state index in [1.165, 1.54) is 93.7 Å². The van der Waals surface area contributed by atoms with Gasteiger partial charge in [-0.25, -0.2) is 0 Å². The van der Waals surface area contributed by atoms with E-state index in [2.05, 4.69) is 24.2 Å². The van der Waals surface area contributed by atoms with Crippen molar-refractivity contribution in [3.63, 3.8) is 0 Å². The van der Waals surface area contributed by atoms with Crippen LogP contribution in [0, 0.1) is 0 Å². The van der Waals surface area contributed by atoms with Gasteiger partial charge < -0.3 is 0 Å². The van der Waals surface area contributed by atoms with E-state index in [-0.39, 0.29) is 34.0 Å². The van der Waals surface area contributed by atoms with E-state index in [9.17, 15) is 9.59 Å². The molecule has 38 heavy (non-hydrogen) atoms. The van der Waals surface area contributed by atoms with E-state index in [1.54, 1.807) is 0 Å². The minimum atomic E-state index is -0.316. The maximum Gasteiger partial charge on any atom is 0.255 e. The third-order valence-corrected chi connectivity index (χ3v) is 7.62. The van der Waals surface area contributed by atoms with Crippen LogP contribution in [0.15, 0.2) is 41.5 Å². The topological polar surface area (TPSA) is 53.0 Å². The first-order valence-corrected chi connectivity index (χ1v) is 14.8. The van der Waals surface area contributed by atoms with Crippen LogP contribution in [0.3, 0.4) is 0 Å². The van der Waals surface area contributed by atoms with Crippen LogP contribution in [0.2, 0.25) is 15.1 Å². The van der Waals surface area contributed by atoms with Gasteiger partial charge in [0.25, 0.3) is 5.91 Å². The number of rotatable bonds is 14. The summed E-state index contributed by atoms with van der Waals surface area (Å²) >= 11 is 18.6. The Hall–Kier alpha value is -2.08. The van der Waals surface area contributed by atoms with Crippen LogP contribution in [-0.4, -0.2) is 22.5 Å². The molecule has 2 aromatic rings. The lowest BCUT2D eigenvalue weighted by atomic mass is 10.0. The van der Waals surface area contributed by atoms with Crippen LogP contribution in [0.4, 0.5) is 5.69 Å². The predicted octanol–water partition coefficient (Wildman–Crippen LogP) is 9.21. The van der Waals surface area contributed by atoms with Crippen LogP contribution in [0.5, 0.6) is 0 Å². The number of nitrogens with zero attached hydrogens (tertiary/aromatic N) is 3. The van der Waals surface area contributed by atoms with Crippen molar-refractivity contribution in [2.45, 2.75) is 97.4 Å². The average molecular weight is 579 g/mol. The second kappa shape index (κ2) is 15.5. The van der Waals surface area contributed by atoms with Crippen molar-refractivity contribution < 1.29 is 9.59 Å². The summed E-state index contributed by atoms with van der Waals surface area (Å²) in [5.74, 6) is -0.149. The number of benzene rings is 2. The van der Waals surface area contributed by atoms with Crippen molar-refractivity contribution in [1.29, 1.82) is 0 Å². The number of carbonyl (C=O) groups is 2. The highest BCUT2D eigenvalue weighted by Gasteiger charge is 2.32. The molecule has 0 saturated carbocycles. The molecular weight excluding hydrogens is 541 g/mol. The molecule has 206 valence electrons.